The summed E-state index contributed by atoms with van der Waals surface area (Å²) in [7, 11) is 0. The van der Waals surface area contributed by atoms with Crippen LogP contribution >= 0.6 is 11.3 Å². The second-order valence-electron chi connectivity index (χ2n) is 6.78. The lowest BCUT2D eigenvalue weighted by atomic mass is 10.1. The van der Waals surface area contributed by atoms with Gasteiger partial charge < -0.3 is 15.3 Å². The lowest BCUT2D eigenvalue weighted by Gasteiger charge is -2.17. The SMILES string of the molecule is Cc1nc2cc(N3CC(C(=O)Nc4ccc(O)cc4C)CC3=O)ccc2s1. The molecular weight excluding hydrogens is 362 g/mol. The number of rotatable bonds is 3. The van der Waals surface area contributed by atoms with Crippen LogP contribution in [-0.4, -0.2) is 28.4 Å². The summed E-state index contributed by atoms with van der Waals surface area (Å²) < 4.78 is 1.08. The smallest absolute Gasteiger partial charge is 0.229 e. The number of aromatic nitrogens is 1. The van der Waals surface area contributed by atoms with Crippen LogP contribution in [0.5, 0.6) is 5.75 Å². The first-order chi connectivity index (χ1) is 12.9. The van der Waals surface area contributed by atoms with E-state index in [1.807, 2.05) is 32.0 Å². The highest BCUT2D eigenvalue weighted by Crippen LogP contribution is 2.31. The van der Waals surface area contributed by atoms with E-state index in [1.165, 1.54) is 6.07 Å². The number of phenols is 1. The molecule has 2 aromatic carbocycles. The maximum Gasteiger partial charge on any atom is 0.229 e. The summed E-state index contributed by atoms with van der Waals surface area (Å²) in [6, 6.07) is 10.6. The van der Waals surface area contributed by atoms with Crippen LogP contribution in [0.15, 0.2) is 36.4 Å². The highest BCUT2D eigenvalue weighted by atomic mass is 32.1. The maximum atomic E-state index is 12.6. The summed E-state index contributed by atoms with van der Waals surface area (Å²) in [5, 5.41) is 13.3. The minimum atomic E-state index is -0.418. The topological polar surface area (TPSA) is 82.5 Å². The van der Waals surface area contributed by atoms with E-state index in [0.29, 0.717) is 12.2 Å². The number of phenolic OH excluding ortho intramolecular Hbond substituents is 1. The highest BCUT2D eigenvalue weighted by Gasteiger charge is 2.35. The van der Waals surface area contributed by atoms with E-state index in [9.17, 15) is 14.7 Å². The van der Waals surface area contributed by atoms with Crippen molar-refractivity contribution < 1.29 is 14.7 Å². The third kappa shape index (κ3) is 3.38. The van der Waals surface area contributed by atoms with E-state index in [1.54, 1.807) is 28.4 Å². The number of thiazole rings is 1. The molecule has 0 radical (unpaired) electrons. The zero-order chi connectivity index (χ0) is 19.1. The number of hydrogen-bond donors (Lipinski definition) is 2. The van der Waals surface area contributed by atoms with Crippen molar-refractivity contribution in [3.05, 3.63) is 47.0 Å². The van der Waals surface area contributed by atoms with Gasteiger partial charge in [0.2, 0.25) is 11.8 Å². The minimum Gasteiger partial charge on any atom is -0.508 e. The van der Waals surface area contributed by atoms with Gasteiger partial charge in [0.1, 0.15) is 5.75 Å². The molecule has 1 fully saturated rings. The van der Waals surface area contributed by atoms with E-state index in [4.69, 9.17) is 0 Å². The van der Waals surface area contributed by atoms with Gasteiger partial charge in [-0.3, -0.25) is 9.59 Å². The lowest BCUT2D eigenvalue weighted by molar-refractivity contribution is -0.122. The van der Waals surface area contributed by atoms with Crippen molar-refractivity contribution in [1.82, 2.24) is 4.98 Å². The Morgan fingerprint density at radius 1 is 1.26 bits per heavy atom. The lowest BCUT2D eigenvalue weighted by Crippen LogP contribution is -2.28. The average Bonchev–Trinajstić information content (AvgIpc) is 3.18. The molecule has 1 aliphatic heterocycles. The minimum absolute atomic E-state index is 0.0659. The number of nitrogens with one attached hydrogen (secondary N) is 1. The molecule has 1 saturated heterocycles. The van der Waals surface area contributed by atoms with Gasteiger partial charge in [0.05, 0.1) is 21.1 Å². The van der Waals surface area contributed by atoms with Gasteiger partial charge in [-0.05, 0) is 55.8 Å². The van der Waals surface area contributed by atoms with Gasteiger partial charge in [-0.2, -0.15) is 0 Å². The normalized spacial score (nSPS) is 16.9. The zero-order valence-electron chi connectivity index (χ0n) is 15.0. The number of nitrogens with zero attached hydrogens (tertiary/aromatic N) is 2. The number of anilines is 2. The Labute approximate surface area is 160 Å². The molecule has 0 aliphatic carbocycles. The van der Waals surface area contributed by atoms with E-state index in [-0.39, 0.29) is 24.0 Å². The Morgan fingerprint density at radius 2 is 2.07 bits per heavy atom. The fourth-order valence-electron chi connectivity index (χ4n) is 3.35. The van der Waals surface area contributed by atoms with Crippen LogP contribution in [0.4, 0.5) is 11.4 Å². The molecule has 1 aliphatic rings. The van der Waals surface area contributed by atoms with E-state index >= 15 is 0 Å². The van der Waals surface area contributed by atoms with Gasteiger partial charge in [0, 0.05) is 24.3 Å². The number of fused-ring (bicyclic) bond motifs is 1. The van der Waals surface area contributed by atoms with E-state index < -0.39 is 5.92 Å². The molecule has 138 valence electrons. The molecule has 3 aromatic rings. The fraction of sp³-hybridized carbons (Fsp3) is 0.250. The van der Waals surface area contributed by atoms with Crippen molar-refractivity contribution >= 4 is 44.7 Å². The first-order valence-corrected chi connectivity index (χ1v) is 9.50. The number of hydrogen-bond acceptors (Lipinski definition) is 5. The Balaban J connectivity index is 1.51. The monoisotopic (exact) mass is 381 g/mol. The molecule has 7 heteroatoms. The van der Waals surface area contributed by atoms with Crippen LogP contribution in [0.3, 0.4) is 0 Å². The standard InChI is InChI=1S/C20H19N3O3S/c1-11-7-15(24)4-5-16(11)22-20(26)13-8-19(25)23(10-13)14-3-6-18-17(9-14)21-12(2)27-18/h3-7,9,13,24H,8,10H2,1-2H3,(H,22,26). The molecule has 2 amide bonds. The summed E-state index contributed by atoms with van der Waals surface area (Å²) in [5.41, 5.74) is 3.06. The number of amides is 2. The Bertz CT molecular complexity index is 1060. The third-order valence-electron chi connectivity index (χ3n) is 4.75. The third-order valence-corrected chi connectivity index (χ3v) is 5.71. The second-order valence-corrected chi connectivity index (χ2v) is 8.01. The highest BCUT2D eigenvalue weighted by molar-refractivity contribution is 7.18. The summed E-state index contributed by atoms with van der Waals surface area (Å²) in [4.78, 5) is 31.2. The molecule has 0 spiro atoms. The molecule has 27 heavy (non-hydrogen) atoms. The molecule has 0 bridgehead atoms. The molecule has 2 heterocycles. The number of benzene rings is 2. The van der Waals surface area contributed by atoms with Gasteiger partial charge in [-0.1, -0.05) is 0 Å². The van der Waals surface area contributed by atoms with Crippen molar-refractivity contribution in [3.63, 3.8) is 0 Å². The van der Waals surface area contributed by atoms with Crippen molar-refractivity contribution in [2.75, 3.05) is 16.8 Å². The predicted molar refractivity (Wildman–Crippen MR) is 106 cm³/mol. The molecule has 0 saturated carbocycles. The molecule has 1 atom stereocenters. The van der Waals surface area contributed by atoms with Crippen molar-refractivity contribution in [1.29, 1.82) is 0 Å². The van der Waals surface area contributed by atoms with Crippen molar-refractivity contribution in [3.8, 4) is 5.75 Å². The van der Waals surface area contributed by atoms with Crippen LogP contribution in [0.25, 0.3) is 10.2 Å². The van der Waals surface area contributed by atoms with Crippen molar-refractivity contribution in [2.24, 2.45) is 5.92 Å². The van der Waals surface area contributed by atoms with E-state index in [2.05, 4.69) is 10.3 Å². The number of aromatic hydroxyl groups is 1. The molecule has 1 aromatic heterocycles. The summed E-state index contributed by atoms with van der Waals surface area (Å²) >= 11 is 1.62. The quantitative estimate of drug-likeness (QED) is 0.679. The van der Waals surface area contributed by atoms with Gasteiger partial charge in [0.15, 0.2) is 0 Å². The molecule has 1 unspecified atom stereocenters. The Hall–Kier alpha value is -2.93. The Morgan fingerprint density at radius 3 is 2.85 bits per heavy atom. The largest absolute Gasteiger partial charge is 0.508 e. The zero-order valence-corrected chi connectivity index (χ0v) is 15.8. The number of aryl methyl sites for hydroxylation is 2. The van der Waals surface area contributed by atoms with Crippen LogP contribution in [0.1, 0.15) is 17.0 Å². The first-order valence-electron chi connectivity index (χ1n) is 8.69. The molecular formula is C20H19N3O3S. The van der Waals surface area contributed by atoms with E-state index in [0.717, 1.165) is 26.5 Å². The summed E-state index contributed by atoms with van der Waals surface area (Å²) in [5.74, 6) is -0.520. The summed E-state index contributed by atoms with van der Waals surface area (Å²) in [6.45, 7) is 4.11. The molecule has 4 rings (SSSR count). The predicted octanol–water partition coefficient (Wildman–Crippen LogP) is 3.61. The van der Waals surface area contributed by atoms with Gasteiger partial charge in [-0.15, -0.1) is 11.3 Å². The van der Waals surface area contributed by atoms with Crippen LogP contribution in [-0.2, 0) is 9.59 Å². The number of carbonyl (C=O) groups is 2. The molecule has 6 nitrogen and oxygen atoms in total. The van der Waals surface area contributed by atoms with Crippen LogP contribution < -0.4 is 10.2 Å². The van der Waals surface area contributed by atoms with Crippen LogP contribution in [0.2, 0.25) is 0 Å². The molecule has 2 N–H and O–H groups in total. The first kappa shape index (κ1) is 17.5. The number of carbonyl (C=O) groups excluding carboxylic acids is 2. The van der Waals surface area contributed by atoms with Crippen molar-refractivity contribution in [2.45, 2.75) is 20.3 Å². The summed E-state index contributed by atoms with van der Waals surface area (Å²) in [6.07, 6.45) is 0.178. The van der Waals surface area contributed by atoms with Gasteiger partial charge in [-0.25, -0.2) is 4.98 Å². The Kier molecular flexibility index (Phi) is 4.31. The van der Waals surface area contributed by atoms with Crippen LogP contribution in [0, 0.1) is 19.8 Å². The average molecular weight is 381 g/mol. The maximum absolute atomic E-state index is 12.6. The fourth-order valence-corrected chi connectivity index (χ4v) is 4.16. The van der Waals surface area contributed by atoms with Gasteiger partial charge in [0.25, 0.3) is 0 Å². The second kappa shape index (κ2) is 6.66. The van der Waals surface area contributed by atoms with Gasteiger partial charge >= 0.3 is 0 Å².